The number of rotatable bonds is 3. The highest BCUT2D eigenvalue weighted by Gasteiger charge is 2.06. The van der Waals surface area contributed by atoms with Crippen molar-refractivity contribution in [3.8, 4) is 5.69 Å². The molecule has 114 valence electrons. The zero-order valence-electron chi connectivity index (χ0n) is 12.3. The molecule has 3 aromatic rings. The summed E-state index contributed by atoms with van der Waals surface area (Å²) in [6, 6.07) is 17.5. The lowest BCUT2D eigenvalue weighted by atomic mass is 10.1. The third kappa shape index (κ3) is 3.77. The molecule has 0 aliphatic heterocycles. The molecule has 0 aliphatic rings. The van der Waals surface area contributed by atoms with Crippen molar-refractivity contribution in [2.45, 2.75) is 6.42 Å². The van der Waals surface area contributed by atoms with E-state index in [2.05, 4.69) is 10.1 Å². The van der Waals surface area contributed by atoms with Crippen molar-refractivity contribution >= 4 is 5.91 Å². The van der Waals surface area contributed by atoms with Gasteiger partial charge in [0.15, 0.2) is 0 Å². The van der Waals surface area contributed by atoms with Crippen LogP contribution in [0.5, 0.6) is 0 Å². The first kappa shape index (κ1) is 14.8. The monoisotopic (exact) mass is 307 g/mol. The van der Waals surface area contributed by atoms with Gasteiger partial charge in [0.2, 0.25) is 0 Å². The molecule has 0 fully saturated rings. The largest absolute Gasteiger partial charge is 0.272 e. The smallest absolute Gasteiger partial charge is 0.250 e. The minimum Gasteiger partial charge on any atom is -0.272 e. The maximum Gasteiger partial charge on any atom is 0.250 e. The number of hydrogen-bond donors (Lipinski definition) is 0. The second-order valence-corrected chi connectivity index (χ2v) is 4.94. The first-order valence-corrected chi connectivity index (χ1v) is 7.14. The van der Waals surface area contributed by atoms with Crippen LogP contribution >= 0.6 is 0 Å². The van der Waals surface area contributed by atoms with Crippen molar-refractivity contribution in [2.75, 3.05) is 0 Å². The normalized spacial score (nSPS) is 11.4. The molecule has 1 aromatic heterocycles. The van der Waals surface area contributed by atoms with Crippen molar-refractivity contribution in [2.24, 2.45) is 4.99 Å². The lowest BCUT2D eigenvalue weighted by molar-refractivity contribution is -0.117. The van der Waals surface area contributed by atoms with Gasteiger partial charge in [0, 0.05) is 6.20 Å². The SMILES string of the molecule is O=C(Cc1ccccc1F)N=c1ccn(-c2ccccc2)nc1. The van der Waals surface area contributed by atoms with E-state index >= 15 is 0 Å². The second kappa shape index (κ2) is 6.79. The number of amides is 1. The standard InChI is InChI=1S/C18H14FN3O/c19-17-9-5-4-6-14(17)12-18(23)21-15-10-11-22(20-13-15)16-7-2-1-3-8-16/h1-11,13H,12H2. The van der Waals surface area contributed by atoms with E-state index in [1.54, 1.807) is 35.1 Å². The fourth-order valence-corrected chi connectivity index (χ4v) is 2.14. The Hall–Kier alpha value is -3.08. The Labute approximate surface area is 132 Å². The number of aromatic nitrogens is 2. The molecule has 23 heavy (non-hydrogen) atoms. The Kier molecular flexibility index (Phi) is 4.38. The predicted molar refractivity (Wildman–Crippen MR) is 84.2 cm³/mol. The first-order chi connectivity index (χ1) is 11.2. The number of carbonyl (C=O) groups is 1. The fourth-order valence-electron chi connectivity index (χ4n) is 2.14. The van der Waals surface area contributed by atoms with Crippen LogP contribution in [-0.2, 0) is 11.2 Å². The summed E-state index contributed by atoms with van der Waals surface area (Å²) < 4.78 is 15.2. The molecule has 0 unspecified atom stereocenters. The van der Waals surface area contributed by atoms with Crippen LogP contribution in [-0.4, -0.2) is 15.7 Å². The molecule has 0 spiro atoms. The molecule has 1 heterocycles. The van der Waals surface area contributed by atoms with E-state index in [-0.39, 0.29) is 6.42 Å². The molecular formula is C18H14FN3O. The molecule has 2 aromatic carbocycles. The molecule has 3 rings (SSSR count). The van der Waals surface area contributed by atoms with E-state index in [0.717, 1.165) is 5.69 Å². The number of halogens is 1. The molecule has 0 bridgehead atoms. The van der Waals surface area contributed by atoms with Crippen molar-refractivity contribution in [1.82, 2.24) is 9.78 Å². The summed E-state index contributed by atoms with van der Waals surface area (Å²) in [6.07, 6.45) is 3.16. The van der Waals surface area contributed by atoms with Crippen LogP contribution in [0, 0.1) is 5.82 Å². The average molecular weight is 307 g/mol. The quantitative estimate of drug-likeness (QED) is 0.747. The van der Waals surface area contributed by atoms with Gasteiger partial charge in [-0.05, 0) is 29.8 Å². The van der Waals surface area contributed by atoms with Crippen LogP contribution in [0.4, 0.5) is 4.39 Å². The van der Waals surface area contributed by atoms with Gasteiger partial charge in [-0.3, -0.25) is 4.79 Å². The van der Waals surface area contributed by atoms with Crippen molar-refractivity contribution in [3.05, 3.63) is 89.8 Å². The summed E-state index contributed by atoms with van der Waals surface area (Å²) in [7, 11) is 0. The number of nitrogens with zero attached hydrogens (tertiary/aromatic N) is 3. The summed E-state index contributed by atoms with van der Waals surface area (Å²) in [5.74, 6) is -0.807. The summed E-state index contributed by atoms with van der Waals surface area (Å²) in [6.45, 7) is 0. The molecule has 0 saturated carbocycles. The van der Waals surface area contributed by atoms with E-state index < -0.39 is 11.7 Å². The maximum atomic E-state index is 13.5. The van der Waals surface area contributed by atoms with Gasteiger partial charge >= 0.3 is 0 Å². The molecule has 5 heteroatoms. The molecule has 4 nitrogen and oxygen atoms in total. The summed E-state index contributed by atoms with van der Waals surface area (Å²) in [5, 5.41) is 4.67. The Morgan fingerprint density at radius 3 is 2.48 bits per heavy atom. The zero-order chi connectivity index (χ0) is 16.1. The van der Waals surface area contributed by atoms with Crippen molar-refractivity contribution in [3.63, 3.8) is 0 Å². The minimum atomic E-state index is -0.408. The third-order valence-electron chi connectivity index (χ3n) is 3.27. The van der Waals surface area contributed by atoms with Gasteiger partial charge in [0.1, 0.15) is 5.82 Å². The van der Waals surface area contributed by atoms with Crippen molar-refractivity contribution < 1.29 is 9.18 Å². The Balaban J connectivity index is 1.78. The lowest BCUT2D eigenvalue weighted by Gasteiger charge is -2.03. The van der Waals surface area contributed by atoms with Gasteiger partial charge in [-0.15, -0.1) is 0 Å². The van der Waals surface area contributed by atoms with Crippen LogP contribution in [0.2, 0.25) is 0 Å². The summed E-state index contributed by atoms with van der Waals surface area (Å²) in [5.41, 5.74) is 1.25. The fraction of sp³-hybridized carbons (Fsp3) is 0.0556. The molecule has 1 amide bonds. The Morgan fingerprint density at radius 2 is 1.78 bits per heavy atom. The molecule has 0 saturated heterocycles. The first-order valence-electron chi connectivity index (χ1n) is 7.14. The number of benzene rings is 2. The molecule has 0 atom stereocenters. The van der Waals surface area contributed by atoms with E-state index in [9.17, 15) is 9.18 Å². The van der Waals surface area contributed by atoms with Gasteiger partial charge in [-0.2, -0.15) is 5.10 Å². The molecule has 0 N–H and O–H groups in total. The zero-order valence-corrected chi connectivity index (χ0v) is 12.3. The predicted octanol–water partition coefficient (Wildman–Crippen LogP) is 2.68. The van der Waals surface area contributed by atoms with Crippen molar-refractivity contribution in [1.29, 1.82) is 0 Å². The van der Waals surface area contributed by atoms with E-state index in [1.165, 1.54) is 12.3 Å². The molecular weight excluding hydrogens is 293 g/mol. The van der Waals surface area contributed by atoms with Gasteiger partial charge < -0.3 is 0 Å². The van der Waals surface area contributed by atoms with E-state index in [0.29, 0.717) is 10.9 Å². The van der Waals surface area contributed by atoms with Crippen LogP contribution in [0.3, 0.4) is 0 Å². The third-order valence-corrected chi connectivity index (χ3v) is 3.27. The highest BCUT2D eigenvalue weighted by molar-refractivity contribution is 5.79. The van der Waals surface area contributed by atoms with Crippen LogP contribution in [0.1, 0.15) is 5.56 Å². The van der Waals surface area contributed by atoms with E-state index in [1.807, 2.05) is 30.3 Å². The second-order valence-electron chi connectivity index (χ2n) is 4.94. The number of para-hydroxylation sites is 1. The van der Waals surface area contributed by atoms with Gasteiger partial charge in [-0.25, -0.2) is 14.1 Å². The molecule has 0 aliphatic carbocycles. The van der Waals surface area contributed by atoms with Gasteiger partial charge in [-0.1, -0.05) is 36.4 Å². The van der Waals surface area contributed by atoms with Gasteiger partial charge in [0.05, 0.1) is 23.7 Å². The summed E-state index contributed by atoms with van der Waals surface area (Å²) >= 11 is 0. The Morgan fingerprint density at radius 1 is 1.04 bits per heavy atom. The minimum absolute atomic E-state index is 0.0692. The molecule has 0 radical (unpaired) electrons. The van der Waals surface area contributed by atoms with E-state index in [4.69, 9.17) is 0 Å². The topological polar surface area (TPSA) is 47.2 Å². The van der Waals surface area contributed by atoms with Crippen LogP contribution in [0.25, 0.3) is 5.69 Å². The average Bonchev–Trinajstić information content (AvgIpc) is 2.58. The Bertz CT molecular complexity index is 868. The highest BCUT2D eigenvalue weighted by Crippen LogP contribution is 2.07. The van der Waals surface area contributed by atoms with Gasteiger partial charge in [0.25, 0.3) is 5.91 Å². The highest BCUT2D eigenvalue weighted by atomic mass is 19.1. The van der Waals surface area contributed by atoms with Crippen LogP contribution < -0.4 is 5.36 Å². The number of hydrogen-bond acceptors (Lipinski definition) is 2. The maximum absolute atomic E-state index is 13.5. The lowest BCUT2D eigenvalue weighted by Crippen LogP contribution is -2.12. The number of carbonyl (C=O) groups excluding carboxylic acids is 1. The van der Waals surface area contributed by atoms with Crippen LogP contribution in [0.15, 0.2) is 78.0 Å². The summed E-state index contributed by atoms with van der Waals surface area (Å²) in [4.78, 5) is 15.9.